The lowest BCUT2D eigenvalue weighted by Gasteiger charge is -2.11. The molecule has 4 nitrogen and oxygen atoms in total. The van der Waals surface area contributed by atoms with Gasteiger partial charge < -0.3 is 15.4 Å². The summed E-state index contributed by atoms with van der Waals surface area (Å²) in [6, 6.07) is 7.55. The molecule has 1 atom stereocenters. The number of urea groups is 1. The summed E-state index contributed by atoms with van der Waals surface area (Å²) in [6.45, 7) is 3.39. The number of carbonyl (C=O) groups is 1. The average molecular weight is 234 g/mol. The maximum absolute atomic E-state index is 11.6. The summed E-state index contributed by atoms with van der Waals surface area (Å²) < 4.78 is 5.43. The van der Waals surface area contributed by atoms with Gasteiger partial charge in [-0.3, -0.25) is 0 Å². The van der Waals surface area contributed by atoms with Gasteiger partial charge in [-0.05, 0) is 37.5 Å². The second kappa shape index (κ2) is 5.68. The number of amides is 2. The van der Waals surface area contributed by atoms with Crippen molar-refractivity contribution in [3.8, 4) is 0 Å². The minimum Gasteiger partial charge on any atom is -0.376 e. The molecule has 2 amide bonds. The van der Waals surface area contributed by atoms with Crippen LogP contribution in [0.2, 0.25) is 0 Å². The number of rotatable bonds is 3. The Morgan fingerprint density at radius 3 is 3.12 bits per heavy atom. The summed E-state index contributed by atoms with van der Waals surface area (Å²) in [7, 11) is 0. The van der Waals surface area contributed by atoms with Crippen molar-refractivity contribution in [3.63, 3.8) is 0 Å². The Labute approximate surface area is 101 Å². The summed E-state index contributed by atoms with van der Waals surface area (Å²) in [4.78, 5) is 11.6. The minimum atomic E-state index is -0.175. The van der Waals surface area contributed by atoms with E-state index in [0.29, 0.717) is 6.54 Å². The van der Waals surface area contributed by atoms with Crippen LogP contribution < -0.4 is 10.6 Å². The number of hydrogen-bond donors (Lipinski definition) is 2. The summed E-state index contributed by atoms with van der Waals surface area (Å²) in [5.74, 6) is 0. The fraction of sp³-hybridized carbons (Fsp3) is 0.462. The molecule has 0 bridgehead atoms. The van der Waals surface area contributed by atoms with Gasteiger partial charge in [0.25, 0.3) is 0 Å². The zero-order valence-electron chi connectivity index (χ0n) is 10.0. The van der Waals surface area contributed by atoms with Crippen LogP contribution in [0.15, 0.2) is 24.3 Å². The van der Waals surface area contributed by atoms with Crippen LogP contribution in [0.5, 0.6) is 0 Å². The number of benzene rings is 1. The van der Waals surface area contributed by atoms with Gasteiger partial charge in [0.2, 0.25) is 0 Å². The fourth-order valence-electron chi connectivity index (χ4n) is 1.91. The lowest BCUT2D eigenvalue weighted by Crippen LogP contribution is -2.35. The van der Waals surface area contributed by atoms with Gasteiger partial charge in [-0.15, -0.1) is 0 Å². The Balaban J connectivity index is 1.76. The van der Waals surface area contributed by atoms with Crippen molar-refractivity contribution in [1.29, 1.82) is 0 Å². The fourth-order valence-corrected chi connectivity index (χ4v) is 1.91. The number of nitrogens with one attached hydrogen (secondary N) is 2. The second-order valence-corrected chi connectivity index (χ2v) is 4.34. The minimum absolute atomic E-state index is 0.175. The molecule has 1 unspecified atom stereocenters. The van der Waals surface area contributed by atoms with E-state index in [0.717, 1.165) is 30.7 Å². The van der Waals surface area contributed by atoms with Gasteiger partial charge in [0.1, 0.15) is 0 Å². The first-order valence-corrected chi connectivity index (χ1v) is 5.97. The predicted octanol–water partition coefficient (Wildman–Crippen LogP) is 2.30. The third kappa shape index (κ3) is 3.75. The van der Waals surface area contributed by atoms with Gasteiger partial charge >= 0.3 is 6.03 Å². The molecule has 2 N–H and O–H groups in total. The summed E-state index contributed by atoms with van der Waals surface area (Å²) in [6.07, 6.45) is 2.30. The second-order valence-electron chi connectivity index (χ2n) is 4.34. The molecule has 0 spiro atoms. The van der Waals surface area contributed by atoms with Crippen molar-refractivity contribution in [3.05, 3.63) is 29.8 Å². The maximum Gasteiger partial charge on any atom is 0.319 e. The topological polar surface area (TPSA) is 50.4 Å². The normalized spacial score (nSPS) is 19.0. The van der Waals surface area contributed by atoms with E-state index in [1.807, 2.05) is 31.2 Å². The van der Waals surface area contributed by atoms with Crippen molar-refractivity contribution in [1.82, 2.24) is 5.32 Å². The quantitative estimate of drug-likeness (QED) is 0.843. The molecule has 1 saturated heterocycles. The molecule has 1 aliphatic heterocycles. The Bertz CT molecular complexity index is 387. The van der Waals surface area contributed by atoms with Crippen molar-refractivity contribution < 1.29 is 9.53 Å². The van der Waals surface area contributed by atoms with Gasteiger partial charge in [0.05, 0.1) is 6.10 Å². The highest BCUT2D eigenvalue weighted by molar-refractivity contribution is 5.89. The number of anilines is 1. The largest absolute Gasteiger partial charge is 0.376 e. The molecule has 92 valence electrons. The smallest absolute Gasteiger partial charge is 0.319 e. The van der Waals surface area contributed by atoms with Crippen LogP contribution in [0, 0.1) is 6.92 Å². The first-order valence-electron chi connectivity index (χ1n) is 5.97. The molecular weight excluding hydrogens is 216 g/mol. The highest BCUT2D eigenvalue weighted by atomic mass is 16.5. The number of hydrogen-bond acceptors (Lipinski definition) is 2. The molecule has 0 aromatic heterocycles. The van der Waals surface area contributed by atoms with Crippen LogP contribution >= 0.6 is 0 Å². The van der Waals surface area contributed by atoms with E-state index in [9.17, 15) is 4.79 Å². The molecule has 0 aliphatic carbocycles. The zero-order valence-corrected chi connectivity index (χ0v) is 10.0. The monoisotopic (exact) mass is 234 g/mol. The lowest BCUT2D eigenvalue weighted by molar-refractivity contribution is 0.112. The van der Waals surface area contributed by atoms with Gasteiger partial charge in [-0.25, -0.2) is 4.79 Å². The molecule has 1 aromatic carbocycles. The van der Waals surface area contributed by atoms with Crippen molar-refractivity contribution >= 4 is 11.7 Å². The Hall–Kier alpha value is -1.55. The van der Waals surface area contributed by atoms with E-state index in [4.69, 9.17) is 4.74 Å². The Morgan fingerprint density at radius 2 is 2.41 bits per heavy atom. The molecule has 0 saturated carbocycles. The van der Waals surface area contributed by atoms with E-state index in [1.54, 1.807) is 0 Å². The number of aryl methyl sites for hydroxylation is 1. The Kier molecular flexibility index (Phi) is 3.98. The molecule has 4 heteroatoms. The highest BCUT2D eigenvalue weighted by Gasteiger charge is 2.15. The molecule has 1 aromatic rings. The van der Waals surface area contributed by atoms with E-state index in [2.05, 4.69) is 10.6 Å². The summed E-state index contributed by atoms with van der Waals surface area (Å²) in [5, 5.41) is 5.62. The highest BCUT2D eigenvalue weighted by Crippen LogP contribution is 2.11. The van der Waals surface area contributed by atoms with Gasteiger partial charge in [0.15, 0.2) is 0 Å². The van der Waals surface area contributed by atoms with Crippen LogP contribution in [0.4, 0.5) is 10.5 Å². The first-order chi connectivity index (χ1) is 8.24. The van der Waals surface area contributed by atoms with Crippen molar-refractivity contribution in [2.75, 3.05) is 18.5 Å². The average Bonchev–Trinajstić information content (AvgIpc) is 2.79. The Morgan fingerprint density at radius 1 is 1.53 bits per heavy atom. The maximum atomic E-state index is 11.6. The third-order valence-corrected chi connectivity index (χ3v) is 2.79. The van der Waals surface area contributed by atoms with Crippen LogP contribution in [-0.2, 0) is 4.74 Å². The molecule has 1 fully saturated rings. The van der Waals surface area contributed by atoms with Gasteiger partial charge in [-0.1, -0.05) is 12.1 Å². The number of carbonyl (C=O) groups excluding carboxylic acids is 1. The van der Waals surface area contributed by atoms with Crippen LogP contribution in [-0.4, -0.2) is 25.3 Å². The molecular formula is C13H18N2O2. The summed E-state index contributed by atoms with van der Waals surface area (Å²) in [5.41, 5.74) is 1.94. The molecule has 2 rings (SSSR count). The molecule has 1 aliphatic rings. The van der Waals surface area contributed by atoms with Crippen LogP contribution in [0.25, 0.3) is 0 Å². The van der Waals surface area contributed by atoms with Crippen molar-refractivity contribution in [2.45, 2.75) is 25.9 Å². The number of ether oxygens (including phenoxy) is 1. The molecule has 1 heterocycles. The molecule has 17 heavy (non-hydrogen) atoms. The summed E-state index contributed by atoms with van der Waals surface area (Å²) >= 11 is 0. The van der Waals surface area contributed by atoms with E-state index in [1.165, 1.54) is 0 Å². The predicted molar refractivity (Wildman–Crippen MR) is 67.2 cm³/mol. The van der Waals surface area contributed by atoms with Gasteiger partial charge in [-0.2, -0.15) is 0 Å². The van der Waals surface area contributed by atoms with Crippen LogP contribution in [0.1, 0.15) is 18.4 Å². The third-order valence-electron chi connectivity index (χ3n) is 2.79. The van der Waals surface area contributed by atoms with Crippen molar-refractivity contribution in [2.24, 2.45) is 0 Å². The molecule has 0 radical (unpaired) electrons. The van der Waals surface area contributed by atoms with E-state index in [-0.39, 0.29) is 12.1 Å². The first kappa shape index (κ1) is 11.9. The SMILES string of the molecule is Cc1cccc(NC(=O)NCC2CCCO2)c1. The van der Waals surface area contributed by atoms with E-state index < -0.39 is 0 Å². The van der Waals surface area contributed by atoms with Gasteiger partial charge in [0, 0.05) is 18.8 Å². The standard InChI is InChI=1S/C13H18N2O2/c1-10-4-2-5-11(8-10)15-13(16)14-9-12-6-3-7-17-12/h2,4-5,8,12H,3,6-7,9H2,1H3,(H2,14,15,16). The lowest BCUT2D eigenvalue weighted by atomic mass is 10.2. The van der Waals surface area contributed by atoms with Crippen LogP contribution in [0.3, 0.4) is 0 Å². The zero-order chi connectivity index (χ0) is 12.1. The van der Waals surface area contributed by atoms with E-state index >= 15 is 0 Å².